The minimum Gasteiger partial charge on any atom is -0.381 e. The average Bonchev–Trinajstić information content (AvgIpc) is 2.33. The van der Waals surface area contributed by atoms with Crippen LogP contribution in [0.4, 0.5) is 5.69 Å². The van der Waals surface area contributed by atoms with Gasteiger partial charge in [-0.2, -0.15) is 0 Å². The third-order valence-electron chi connectivity index (χ3n) is 3.52. The Balaban J connectivity index is 2.09. The molecule has 0 heterocycles. The van der Waals surface area contributed by atoms with Gasteiger partial charge in [0, 0.05) is 17.3 Å². The first-order valence-corrected chi connectivity index (χ1v) is 8.98. The van der Waals surface area contributed by atoms with Crippen molar-refractivity contribution in [1.29, 1.82) is 0 Å². The van der Waals surface area contributed by atoms with Gasteiger partial charge in [-0.25, -0.2) is 8.42 Å². The molecule has 0 saturated heterocycles. The Morgan fingerprint density at radius 1 is 1.26 bits per heavy atom. The Bertz CT molecular complexity index is 560. The highest BCUT2D eigenvalue weighted by molar-refractivity contribution is 7.91. The normalized spacial score (nSPS) is 24.2. The topological polar surface area (TPSA) is 46.2 Å². The molecule has 0 radical (unpaired) electrons. The van der Waals surface area contributed by atoms with Gasteiger partial charge in [0.25, 0.3) is 0 Å². The first kappa shape index (κ1) is 14.9. The van der Waals surface area contributed by atoms with E-state index in [1.807, 2.05) is 0 Å². The lowest BCUT2D eigenvalue weighted by Gasteiger charge is -2.29. The Hall–Kier alpha value is -0.450. The molecular formula is C13H17Cl2NO2S. The number of halogens is 2. The predicted octanol–water partition coefficient (Wildman–Crippen LogP) is 3.76. The van der Waals surface area contributed by atoms with Crippen LogP contribution in [0.15, 0.2) is 18.2 Å². The first-order valence-electron chi connectivity index (χ1n) is 6.26. The monoisotopic (exact) mass is 321 g/mol. The van der Waals surface area contributed by atoms with Crippen LogP contribution >= 0.6 is 23.2 Å². The molecule has 1 aliphatic rings. The summed E-state index contributed by atoms with van der Waals surface area (Å²) < 4.78 is 23.3. The molecule has 106 valence electrons. The molecule has 1 fully saturated rings. The van der Waals surface area contributed by atoms with Crippen LogP contribution in [0.25, 0.3) is 0 Å². The van der Waals surface area contributed by atoms with Gasteiger partial charge in [-0.1, -0.05) is 29.6 Å². The van der Waals surface area contributed by atoms with Crippen LogP contribution in [-0.2, 0) is 9.84 Å². The van der Waals surface area contributed by atoms with E-state index >= 15 is 0 Å². The molecule has 0 aliphatic heterocycles. The summed E-state index contributed by atoms with van der Waals surface area (Å²) in [7, 11) is -2.97. The summed E-state index contributed by atoms with van der Waals surface area (Å²) in [4.78, 5) is 0. The molecule has 0 spiro atoms. The van der Waals surface area contributed by atoms with E-state index < -0.39 is 9.84 Å². The first-order chi connectivity index (χ1) is 8.86. The fourth-order valence-corrected chi connectivity index (χ4v) is 4.01. The molecule has 2 rings (SSSR count). The zero-order chi connectivity index (χ0) is 14.0. The zero-order valence-corrected chi connectivity index (χ0v) is 13.0. The van der Waals surface area contributed by atoms with Crippen molar-refractivity contribution in [3.05, 3.63) is 28.2 Å². The lowest BCUT2D eigenvalue weighted by Crippen LogP contribution is -2.34. The largest absolute Gasteiger partial charge is 0.381 e. The number of hydrogen-bond acceptors (Lipinski definition) is 3. The minimum absolute atomic E-state index is 0.129. The number of nitrogens with one attached hydrogen (secondary N) is 1. The second-order valence-corrected chi connectivity index (χ2v) is 8.25. The fourth-order valence-electron chi connectivity index (χ4n) is 2.49. The standard InChI is InChI=1S/C13H17Cl2NO2S/c1-19(17,18)11-4-2-3-10(8-11)16-13-7-9(14)5-6-12(13)15/h5-7,10-11,16H,2-4,8H2,1H3. The molecule has 1 aromatic carbocycles. The smallest absolute Gasteiger partial charge is 0.150 e. The number of rotatable bonds is 3. The van der Waals surface area contributed by atoms with Crippen molar-refractivity contribution in [2.45, 2.75) is 37.0 Å². The molecule has 1 N–H and O–H groups in total. The van der Waals surface area contributed by atoms with Crippen molar-refractivity contribution in [2.24, 2.45) is 0 Å². The average molecular weight is 322 g/mol. The molecule has 0 aromatic heterocycles. The highest BCUT2D eigenvalue weighted by Crippen LogP contribution is 2.30. The molecule has 19 heavy (non-hydrogen) atoms. The van der Waals surface area contributed by atoms with Gasteiger partial charge in [-0.3, -0.25) is 0 Å². The van der Waals surface area contributed by atoms with Gasteiger partial charge in [-0.05, 0) is 37.5 Å². The third-order valence-corrected chi connectivity index (χ3v) is 5.72. The number of hydrogen-bond donors (Lipinski definition) is 1. The lowest BCUT2D eigenvalue weighted by atomic mass is 9.95. The van der Waals surface area contributed by atoms with Gasteiger partial charge >= 0.3 is 0 Å². The highest BCUT2D eigenvalue weighted by atomic mass is 35.5. The van der Waals surface area contributed by atoms with Gasteiger partial charge in [0.2, 0.25) is 0 Å². The summed E-state index contributed by atoms with van der Waals surface area (Å²) in [6.07, 6.45) is 4.55. The predicted molar refractivity (Wildman–Crippen MR) is 81.0 cm³/mol. The fraction of sp³-hybridized carbons (Fsp3) is 0.538. The van der Waals surface area contributed by atoms with Crippen LogP contribution in [0, 0.1) is 0 Å². The molecule has 0 amide bonds. The molecule has 0 bridgehead atoms. The molecular weight excluding hydrogens is 305 g/mol. The van der Waals surface area contributed by atoms with Crippen LogP contribution < -0.4 is 5.32 Å². The second-order valence-electron chi connectivity index (χ2n) is 5.08. The van der Waals surface area contributed by atoms with Crippen molar-refractivity contribution in [3.8, 4) is 0 Å². The van der Waals surface area contributed by atoms with E-state index in [-0.39, 0.29) is 11.3 Å². The van der Waals surface area contributed by atoms with Crippen LogP contribution in [-0.4, -0.2) is 26.0 Å². The number of sulfone groups is 1. The summed E-state index contributed by atoms with van der Waals surface area (Å²) in [6, 6.07) is 5.37. The van der Waals surface area contributed by atoms with E-state index in [4.69, 9.17) is 23.2 Å². The SMILES string of the molecule is CS(=O)(=O)C1CCCC(Nc2cc(Cl)ccc2Cl)C1. The molecule has 1 saturated carbocycles. The van der Waals surface area contributed by atoms with Crippen molar-refractivity contribution in [2.75, 3.05) is 11.6 Å². The van der Waals surface area contributed by atoms with Crippen molar-refractivity contribution in [3.63, 3.8) is 0 Å². The molecule has 1 aliphatic carbocycles. The van der Waals surface area contributed by atoms with Crippen molar-refractivity contribution < 1.29 is 8.42 Å². The maximum absolute atomic E-state index is 11.6. The molecule has 2 atom stereocenters. The second kappa shape index (κ2) is 5.90. The van der Waals surface area contributed by atoms with Gasteiger partial charge in [-0.15, -0.1) is 0 Å². The zero-order valence-electron chi connectivity index (χ0n) is 10.7. The van der Waals surface area contributed by atoms with Crippen LogP contribution in [0.1, 0.15) is 25.7 Å². The molecule has 1 aromatic rings. The third kappa shape index (κ3) is 4.01. The minimum atomic E-state index is -2.97. The van der Waals surface area contributed by atoms with Gasteiger partial charge in [0.1, 0.15) is 9.84 Å². The van der Waals surface area contributed by atoms with Gasteiger partial charge in [0.15, 0.2) is 0 Å². The van der Waals surface area contributed by atoms with E-state index in [2.05, 4.69) is 5.32 Å². The molecule has 6 heteroatoms. The summed E-state index contributed by atoms with van der Waals surface area (Å²) in [5.41, 5.74) is 0.772. The van der Waals surface area contributed by atoms with Crippen LogP contribution in [0.5, 0.6) is 0 Å². The van der Waals surface area contributed by atoms with E-state index in [1.165, 1.54) is 6.26 Å². The van der Waals surface area contributed by atoms with E-state index in [1.54, 1.807) is 18.2 Å². The van der Waals surface area contributed by atoms with Gasteiger partial charge < -0.3 is 5.32 Å². The summed E-state index contributed by atoms with van der Waals surface area (Å²) in [5.74, 6) is 0. The molecule has 2 unspecified atom stereocenters. The molecule has 3 nitrogen and oxygen atoms in total. The van der Waals surface area contributed by atoms with Crippen molar-refractivity contribution in [1.82, 2.24) is 0 Å². The number of benzene rings is 1. The van der Waals surface area contributed by atoms with Crippen molar-refractivity contribution >= 4 is 38.7 Å². The number of anilines is 1. The maximum Gasteiger partial charge on any atom is 0.150 e. The quantitative estimate of drug-likeness (QED) is 0.921. The highest BCUT2D eigenvalue weighted by Gasteiger charge is 2.28. The van der Waals surface area contributed by atoms with Gasteiger partial charge in [0.05, 0.1) is 16.0 Å². The summed E-state index contributed by atoms with van der Waals surface area (Å²) >= 11 is 12.0. The van der Waals surface area contributed by atoms with E-state index in [0.29, 0.717) is 16.5 Å². The Morgan fingerprint density at radius 3 is 2.68 bits per heavy atom. The van der Waals surface area contributed by atoms with Crippen LogP contribution in [0.3, 0.4) is 0 Å². The summed E-state index contributed by atoms with van der Waals surface area (Å²) in [5, 5.41) is 4.27. The lowest BCUT2D eigenvalue weighted by molar-refractivity contribution is 0.453. The maximum atomic E-state index is 11.6. The Kier molecular flexibility index (Phi) is 4.64. The summed E-state index contributed by atoms with van der Waals surface area (Å²) in [6.45, 7) is 0. The van der Waals surface area contributed by atoms with E-state index in [9.17, 15) is 8.42 Å². The van der Waals surface area contributed by atoms with E-state index in [0.717, 1.165) is 24.9 Å². The Morgan fingerprint density at radius 2 is 2.00 bits per heavy atom. The Labute approximate surface area is 124 Å². The van der Waals surface area contributed by atoms with Crippen LogP contribution in [0.2, 0.25) is 10.0 Å².